The molecule has 8 aromatic carbocycles. The Morgan fingerprint density at radius 3 is 1.58 bits per heavy atom. The zero-order valence-corrected chi connectivity index (χ0v) is 31.5. The van der Waals surface area contributed by atoms with E-state index in [1.54, 1.807) is 0 Å². The fraction of sp³-hybridized carbons (Fsp3) is 0. The minimum atomic E-state index is 0.425. The third-order valence-electron chi connectivity index (χ3n) is 11.6. The van der Waals surface area contributed by atoms with Crippen LogP contribution in [-0.2, 0) is 0 Å². The molecule has 274 valence electrons. The van der Waals surface area contributed by atoms with Crippen molar-refractivity contribution >= 4 is 65.6 Å². The standard InChI is InChI=1S/C53H31N5O/c54-32-42-50(33-16-4-1-5-17-33)55-53(56-51(42)34-18-6-2-7-19-34)39-28-29-45(49-38-24-12-15-27-48(38)59-52(39)49)58-44-26-14-11-23-37(44)41-30-46-40(31-47(41)58)36-22-10-13-25-43(36)57(46)35-20-8-3-9-21-35/h1-31H. The number of nitrogens with zero attached hydrogens (tertiary/aromatic N) is 5. The number of hydrogen-bond acceptors (Lipinski definition) is 4. The van der Waals surface area contributed by atoms with Crippen molar-refractivity contribution < 1.29 is 4.42 Å². The predicted molar refractivity (Wildman–Crippen MR) is 239 cm³/mol. The van der Waals surface area contributed by atoms with E-state index in [0.717, 1.165) is 77.3 Å². The summed E-state index contributed by atoms with van der Waals surface area (Å²) in [5.41, 5.74) is 12.1. The van der Waals surface area contributed by atoms with Crippen LogP contribution in [-0.4, -0.2) is 19.1 Å². The Kier molecular flexibility index (Phi) is 7.19. The van der Waals surface area contributed by atoms with Crippen LogP contribution in [0.1, 0.15) is 5.56 Å². The lowest BCUT2D eigenvalue weighted by Gasteiger charge is -2.14. The highest BCUT2D eigenvalue weighted by Gasteiger charge is 2.25. The molecule has 0 atom stereocenters. The maximum Gasteiger partial charge on any atom is 0.164 e. The van der Waals surface area contributed by atoms with Crippen LogP contribution in [0.15, 0.2) is 192 Å². The van der Waals surface area contributed by atoms with Crippen LogP contribution in [0.2, 0.25) is 0 Å². The molecule has 0 aliphatic rings. The molecule has 0 bridgehead atoms. The van der Waals surface area contributed by atoms with Crippen LogP contribution in [0, 0.1) is 11.3 Å². The third kappa shape index (κ3) is 4.92. The maximum absolute atomic E-state index is 10.6. The van der Waals surface area contributed by atoms with Crippen molar-refractivity contribution in [3.63, 3.8) is 0 Å². The van der Waals surface area contributed by atoms with Gasteiger partial charge < -0.3 is 13.6 Å². The summed E-state index contributed by atoms with van der Waals surface area (Å²) in [6.07, 6.45) is 0. The molecule has 0 spiro atoms. The Morgan fingerprint density at radius 1 is 0.458 bits per heavy atom. The molecule has 4 aromatic heterocycles. The van der Waals surface area contributed by atoms with E-state index in [0.29, 0.717) is 28.4 Å². The highest BCUT2D eigenvalue weighted by Crippen LogP contribution is 2.44. The van der Waals surface area contributed by atoms with Crippen molar-refractivity contribution in [2.75, 3.05) is 0 Å². The Morgan fingerprint density at radius 2 is 0.966 bits per heavy atom. The molecule has 0 saturated carbocycles. The molecule has 0 fully saturated rings. The monoisotopic (exact) mass is 753 g/mol. The zero-order valence-electron chi connectivity index (χ0n) is 31.5. The zero-order chi connectivity index (χ0) is 39.0. The Balaban J connectivity index is 1.18. The number of nitriles is 1. The van der Waals surface area contributed by atoms with Crippen molar-refractivity contribution in [1.29, 1.82) is 5.26 Å². The van der Waals surface area contributed by atoms with Gasteiger partial charge >= 0.3 is 0 Å². The van der Waals surface area contributed by atoms with Gasteiger partial charge in [-0.05, 0) is 54.6 Å². The first-order valence-corrected chi connectivity index (χ1v) is 19.6. The molecule has 12 aromatic rings. The third-order valence-corrected chi connectivity index (χ3v) is 11.6. The highest BCUT2D eigenvalue weighted by atomic mass is 16.3. The van der Waals surface area contributed by atoms with Gasteiger partial charge in [-0.15, -0.1) is 0 Å². The van der Waals surface area contributed by atoms with Gasteiger partial charge in [-0.2, -0.15) is 5.26 Å². The van der Waals surface area contributed by atoms with Crippen LogP contribution in [0.5, 0.6) is 0 Å². The van der Waals surface area contributed by atoms with Gasteiger partial charge in [-0.3, -0.25) is 0 Å². The summed E-state index contributed by atoms with van der Waals surface area (Å²) >= 11 is 0. The summed E-state index contributed by atoms with van der Waals surface area (Å²) in [4.78, 5) is 10.3. The van der Waals surface area contributed by atoms with E-state index in [-0.39, 0.29) is 0 Å². The molecule has 0 amide bonds. The van der Waals surface area contributed by atoms with Crippen molar-refractivity contribution in [2.24, 2.45) is 0 Å². The van der Waals surface area contributed by atoms with Crippen LogP contribution in [0.4, 0.5) is 0 Å². The Labute approximate surface area is 338 Å². The van der Waals surface area contributed by atoms with E-state index in [1.165, 1.54) is 10.8 Å². The van der Waals surface area contributed by atoms with E-state index < -0.39 is 0 Å². The molecule has 0 aliphatic heterocycles. The first-order valence-electron chi connectivity index (χ1n) is 19.6. The fourth-order valence-electron chi connectivity index (χ4n) is 9.02. The lowest BCUT2D eigenvalue weighted by atomic mass is 9.99. The second-order valence-corrected chi connectivity index (χ2v) is 14.8. The van der Waals surface area contributed by atoms with E-state index in [1.807, 2.05) is 72.8 Å². The SMILES string of the molecule is N#Cc1c(-c2ccccc2)nc(-c2ccc(-n3c4ccccc4c4cc5c(cc43)c3ccccc3n5-c3ccccc3)c3c2oc2ccccc23)nc1-c1ccccc1. The summed E-state index contributed by atoms with van der Waals surface area (Å²) in [5, 5.41) is 17.2. The van der Waals surface area contributed by atoms with Crippen molar-refractivity contribution in [3.05, 3.63) is 194 Å². The minimum absolute atomic E-state index is 0.425. The minimum Gasteiger partial charge on any atom is -0.455 e. The number of fused-ring (bicyclic) bond motifs is 9. The highest BCUT2D eigenvalue weighted by molar-refractivity contribution is 6.21. The lowest BCUT2D eigenvalue weighted by Crippen LogP contribution is -2.02. The summed E-state index contributed by atoms with van der Waals surface area (Å²) in [6, 6.07) is 67.2. The number of para-hydroxylation sites is 4. The average molecular weight is 754 g/mol. The number of rotatable bonds is 5. The van der Waals surface area contributed by atoms with Gasteiger partial charge in [0.1, 0.15) is 22.8 Å². The van der Waals surface area contributed by atoms with Crippen molar-refractivity contribution in [2.45, 2.75) is 0 Å². The Bertz CT molecular complexity index is 3610. The van der Waals surface area contributed by atoms with Gasteiger partial charge in [-0.25, -0.2) is 9.97 Å². The number of aromatic nitrogens is 4. The normalized spacial score (nSPS) is 11.7. The average Bonchev–Trinajstić information content (AvgIpc) is 3.96. The molecule has 0 N–H and O–H groups in total. The van der Waals surface area contributed by atoms with Crippen LogP contribution in [0.25, 0.3) is 111 Å². The molecule has 0 aliphatic carbocycles. The quantitative estimate of drug-likeness (QED) is 0.175. The van der Waals surface area contributed by atoms with Gasteiger partial charge in [0.15, 0.2) is 5.82 Å². The summed E-state index contributed by atoms with van der Waals surface area (Å²) in [7, 11) is 0. The number of hydrogen-bond donors (Lipinski definition) is 0. The molecule has 6 heteroatoms. The second-order valence-electron chi connectivity index (χ2n) is 14.8. The topological polar surface area (TPSA) is 72.6 Å². The lowest BCUT2D eigenvalue weighted by molar-refractivity contribution is 0.669. The summed E-state index contributed by atoms with van der Waals surface area (Å²) in [5.74, 6) is 0.481. The van der Waals surface area contributed by atoms with Gasteiger partial charge in [0.05, 0.1) is 50.1 Å². The smallest absolute Gasteiger partial charge is 0.164 e. The van der Waals surface area contributed by atoms with Gasteiger partial charge in [0, 0.05) is 43.7 Å². The van der Waals surface area contributed by atoms with Gasteiger partial charge in [0.2, 0.25) is 0 Å². The van der Waals surface area contributed by atoms with Crippen LogP contribution < -0.4 is 0 Å². The van der Waals surface area contributed by atoms with Crippen molar-refractivity contribution in [1.82, 2.24) is 19.1 Å². The molecule has 6 nitrogen and oxygen atoms in total. The molecular weight excluding hydrogens is 723 g/mol. The first kappa shape index (κ1) is 32.9. The van der Waals surface area contributed by atoms with E-state index in [2.05, 4.69) is 130 Å². The second kappa shape index (κ2) is 12.9. The van der Waals surface area contributed by atoms with Crippen LogP contribution >= 0.6 is 0 Å². The number of benzene rings is 8. The van der Waals surface area contributed by atoms with E-state index in [4.69, 9.17) is 14.4 Å². The molecular formula is C53H31N5O. The molecule has 12 rings (SSSR count). The molecule has 59 heavy (non-hydrogen) atoms. The largest absolute Gasteiger partial charge is 0.455 e. The maximum atomic E-state index is 10.6. The van der Waals surface area contributed by atoms with Crippen LogP contribution in [0.3, 0.4) is 0 Å². The molecule has 0 unspecified atom stereocenters. The fourth-order valence-corrected chi connectivity index (χ4v) is 9.02. The van der Waals surface area contributed by atoms with Gasteiger partial charge in [-0.1, -0.05) is 133 Å². The van der Waals surface area contributed by atoms with E-state index >= 15 is 0 Å². The molecule has 0 saturated heterocycles. The molecule has 4 heterocycles. The van der Waals surface area contributed by atoms with Gasteiger partial charge in [0.25, 0.3) is 0 Å². The predicted octanol–water partition coefficient (Wildman–Crippen LogP) is 13.4. The number of furan rings is 1. The first-order chi connectivity index (χ1) is 29.2. The summed E-state index contributed by atoms with van der Waals surface area (Å²) < 4.78 is 11.6. The van der Waals surface area contributed by atoms with Crippen molar-refractivity contribution in [3.8, 4) is 51.3 Å². The van der Waals surface area contributed by atoms with E-state index in [9.17, 15) is 5.26 Å². The molecule has 0 radical (unpaired) electrons. The Hall–Kier alpha value is -8.27. The summed E-state index contributed by atoms with van der Waals surface area (Å²) in [6.45, 7) is 0.